The Bertz CT molecular complexity index is 611. The van der Waals surface area contributed by atoms with Gasteiger partial charge in [-0.3, -0.25) is 4.90 Å². The van der Waals surface area contributed by atoms with Gasteiger partial charge in [0.15, 0.2) is 0 Å². The van der Waals surface area contributed by atoms with Gasteiger partial charge in [0.05, 0.1) is 12.9 Å². The third-order valence-corrected chi connectivity index (χ3v) is 4.88. The highest BCUT2D eigenvalue weighted by molar-refractivity contribution is 5.27. The molecular weight excluding hydrogens is 312 g/mol. The van der Waals surface area contributed by atoms with Crippen LogP contribution in [0.5, 0.6) is 5.75 Å². The molecule has 5 nitrogen and oxygen atoms in total. The zero-order chi connectivity index (χ0) is 17.5. The summed E-state index contributed by atoms with van der Waals surface area (Å²) in [6, 6.07) is 9.20. The topological polar surface area (TPSA) is 33.5 Å². The van der Waals surface area contributed by atoms with Gasteiger partial charge in [0, 0.05) is 44.6 Å². The summed E-state index contributed by atoms with van der Waals surface area (Å²) in [5.41, 5.74) is 1.36. The molecule has 2 heterocycles. The van der Waals surface area contributed by atoms with Gasteiger partial charge < -0.3 is 14.2 Å². The highest BCUT2D eigenvalue weighted by atomic mass is 16.5. The normalized spacial score (nSPS) is 19.7. The van der Waals surface area contributed by atoms with Crippen LogP contribution in [0.1, 0.15) is 25.3 Å². The van der Waals surface area contributed by atoms with Gasteiger partial charge in [-0.2, -0.15) is 0 Å². The number of aryl methyl sites for hydroxylation is 1. The van der Waals surface area contributed by atoms with Crippen molar-refractivity contribution in [1.29, 1.82) is 0 Å². The molecule has 0 saturated carbocycles. The fraction of sp³-hybridized carbons (Fsp3) is 0.550. The van der Waals surface area contributed by atoms with Gasteiger partial charge in [-0.05, 0) is 51.1 Å². The first-order valence-corrected chi connectivity index (χ1v) is 9.31. The lowest BCUT2D eigenvalue weighted by Crippen LogP contribution is -2.37. The minimum Gasteiger partial charge on any atom is -0.494 e. The Hall–Kier alpha value is -1.85. The number of benzene rings is 1. The Labute approximate surface area is 151 Å². The number of ether oxygens (including phenoxy) is 1. The van der Waals surface area contributed by atoms with Gasteiger partial charge in [0.1, 0.15) is 5.75 Å². The predicted molar refractivity (Wildman–Crippen MR) is 101 cm³/mol. The highest BCUT2D eigenvalue weighted by Gasteiger charge is 2.19. The lowest BCUT2D eigenvalue weighted by molar-refractivity contribution is 0.194. The Morgan fingerprint density at radius 3 is 2.80 bits per heavy atom. The quantitative estimate of drug-likeness (QED) is 0.725. The van der Waals surface area contributed by atoms with Crippen LogP contribution in [0.2, 0.25) is 0 Å². The summed E-state index contributed by atoms with van der Waals surface area (Å²) >= 11 is 0. The second kappa shape index (κ2) is 9.02. The van der Waals surface area contributed by atoms with E-state index in [0.29, 0.717) is 6.04 Å². The smallest absolute Gasteiger partial charge is 0.119 e. The molecule has 25 heavy (non-hydrogen) atoms. The molecule has 0 spiro atoms. The molecule has 1 aromatic carbocycles. The maximum absolute atomic E-state index is 5.85. The van der Waals surface area contributed by atoms with Crippen molar-refractivity contribution in [2.45, 2.75) is 38.9 Å². The van der Waals surface area contributed by atoms with Crippen LogP contribution in [0.3, 0.4) is 0 Å². The van der Waals surface area contributed by atoms with Crippen molar-refractivity contribution >= 4 is 0 Å². The number of hydrogen-bond acceptors (Lipinski definition) is 4. The van der Waals surface area contributed by atoms with E-state index in [1.807, 2.05) is 18.7 Å². The molecule has 0 radical (unpaired) electrons. The first-order chi connectivity index (χ1) is 12.2. The van der Waals surface area contributed by atoms with Gasteiger partial charge >= 0.3 is 0 Å². The average Bonchev–Trinajstić information content (AvgIpc) is 3.07. The minimum absolute atomic E-state index is 0.603. The maximum Gasteiger partial charge on any atom is 0.119 e. The van der Waals surface area contributed by atoms with Gasteiger partial charge in [0.25, 0.3) is 0 Å². The van der Waals surface area contributed by atoms with Crippen molar-refractivity contribution in [3.63, 3.8) is 0 Å². The molecule has 1 saturated heterocycles. The van der Waals surface area contributed by atoms with Crippen molar-refractivity contribution in [3.8, 4) is 5.75 Å². The number of imidazole rings is 1. The van der Waals surface area contributed by atoms with E-state index in [4.69, 9.17) is 4.74 Å². The van der Waals surface area contributed by atoms with Crippen LogP contribution < -0.4 is 4.74 Å². The van der Waals surface area contributed by atoms with Crippen LogP contribution >= 0.6 is 0 Å². The summed E-state index contributed by atoms with van der Waals surface area (Å²) in [5, 5.41) is 0. The summed E-state index contributed by atoms with van der Waals surface area (Å²) in [5.74, 6) is 0.957. The number of nitrogens with zero attached hydrogens (tertiary/aromatic N) is 4. The number of rotatable bonds is 7. The number of hydrogen-bond donors (Lipinski definition) is 0. The van der Waals surface area contributed by atoms with E-state index in [1.54, 1.807) is 0 Å². The van der Waals surface area contributed by atoms with E-state index in [2.05, 4.69) is 57.6 Å². The van der Waals surface area contributed by atoms with Crippen molar-refractivity contribution in [2.75, 3.05) is 33.3 Å². The van der Waals surface area contributed by atoms with E-state index in [0.717, 1.165) is 38.4 Å². The Kier molecular flexibility index (Phi) is 6.48. The molecule has 1 fully saturated rings. The molecule has 0 amide bonds. The van der Waals surface area contributed by atoms with E-state index < -0.39 is 0 Å². The summed E-state index contributed by atoms with van der Waals surface area (Å²) in [6.45, 7) is 8.56. The molecule has 2 aromatic rings. The lowest BCUT2D eigenvalue weighted by Gasteiger charge is -2.27. The molecule has 0 N–H and O–H groups in total. The zero-order valence-electron chi connectivity index (χ0n) is 15.5. The molecule has 1 atom stereocenters. The molecule has 1 aromatic heterocycles. The Morgan fingerprint density at radius 2 is 2.04 bits per heavy atom. The Balaban J connectivity index is 1.43. The minimum atomic E-state index is 0.603. The lowest BCUT2D eigenvalue weighted by atomic mass is 10.1. The van der Waals surface area contributed by atoms with E-state index in [-0.39, 0.29) is 0 Å². The van der Waals surface area contributed by atoms with Crippen LogP contribution in [0.25, 0.3) is 0 Å². The summed E-state index contributed by atoms with van der Waals surface area (Å²) < 4.78 is 7.93. The van der Waals surface area contributed by atoms with Crippen molar-refractivity contribution in [2.24, 2.45) is 0 Å². The summed E-state index contributed by atoms with van der Waals surface area (Å²) in [7, 11) is 2.22. The SMILES string of the molecule is C[C@H]1CN(C)CCCN1Cc1ccc(OCCCn2ccnc2)cc1. The molecule has 0 aliphatic carbocycles. The van der Waals surface area contributed by atoms with Crippen molar-refractivity contribution in [3.05, 3.63) is 48.5 Å². The monoisotopic (exact) mass is 342 g/mol. The molecule has 1 aliphatic rings. The van der Waals surface area contributed by atoms with Crippen LogP contribution in [-0.4, -0.2) is 58.7 Å². The summed E-state index contributed by atoms with van der Waals surface area (Å²) in [6.07, 6.45) is 7.87. The molecule has 136 valence electrons. The van der Waals surface area contributed by atoms with Crippen LogP contribution in [-0.2, 0) is 13.1 Å². The van der Waals surface area contributed by atoms with Gasteiger partial charge in [-0.1, -0.05) is 12.1 Å². The van der Waals surface area contributed by atoms with Crippen LogP contribution in [0.15, 0.2) is 43.0 Å². The summed E-state index contributed by atoms with van der Waals surface area (Å²) in [4.78, 5) is 9.07. The molecule has 0 unspecified atom stereocenters. The number of likely N-dealkylation sites (N-methyl/N-ethyl adjacent to an activating group) is 1. The highest BCUT2D eigenvalue weighted by Crippen LogP contribution is 2.17. The fourth-order valence-corrected chi connectivity index (χ4v) is 3.44. The van der Waals surface area contributed by atoms with Crippen molar-refractivity contribution < 1.29 is 4.74 Å². The van der Waals surface area contributed by atoms with E-state index >= 15 is 0 Å². The van der Waals surface area contributed by atoms with Gasteiger partial charge in [-0.15, -0.1) is 0 Å². The largest absolute Gasteiger partial charge is 0.494 e. The zero-order valence-corrected chi connectivity index (χ0v) is 15.5. The van der Waals surface area contributed by atoms with E-state index in [9.17, 15) is 0 Å². The van der Waals surface area contributed by atoms with Gasteiger partial charge in [-0.25, -0.2) is 4.98 Å². The van der Waals surface area contributed by atoms with Crippen LogP contribution in [0, 0.1) is 0 Å². The molecule has 3 rings (SSSR count). The molecule has 5 heteroatoms. The third-order valence-electron chi connectivity index (χ3n) is 4.88. The van der Waals surface area contributed by atoms with Crippen LogP contribution in [0.4, 0.5) is 0 Å². The first kappa shape index (κ1) is 18.0. The van der Waals surface area contributed by atoms with Gasteiger partial charge in [0.2, 0.25) is 0 Å². The number of aromatic nitrogens is 2. The molecule has 1 aliphatic heterocycles. The first-order valence-electron chi connectivity index (χ1n) is 9.31. The fourth-order valence-electron chi connectivity index (χ4n) is 3.44. The standard InChI is InChI=1S/C20H30N4O/c1-18-15-22(2)10-3-12-24(18)16-19-5-7-20(8-6-19)25-14-4-11-23-13-9-21-17-23/h5-9,13,17-18H,3-4,10-12,14-16H2,1-2H3/t18-/m0/s1. The third kappa shape index (κ3) is 5.58. The molecule has 0 bridgehead atoms. The Morgan fingerprint density at radius 1 is 1.20 bits per heavy atom. The second-order valence-electron chi connectivity index (χ2n) is 7.08. The predicted octanol–water partition coefficient (Wildman–Crippen LogP) is 2.88. The van der Waals surface area contributed by atoms with E-state index in [1.165, 1.54) is 25.1 Å². The second-order valence-corrected chi connectivity index (χ2v) is 7.08. The van der Waals surface area contributed by atoms with Crippen molar-refractivity contribution in [1.82, 2.24) is 19.4 Å². The average molecular weight is 342 g/mol. The molecular formula is C20H30N4O. The maximum atomic E-state index is 5.85.